The van der Waals surface area contributed by atoms with Crippen LogP contribution in [0.4, 0.5) is 10.1 Å². The van der Waals surface area contributed by atoms with Crippen molar-refractivity contribution in [1.82, 2.24) is 0 Å². The van der Waals surface area contributed by atoms with Crippen molar-refractivity contribution in [3.8, 4) is 0 Å². The second-order valence-corrected chi connectivity index (χ2v) is 7.39. The molecule has 134 valence electrons. The van der Waals surface area contributed by atoms with E-state index in [1.165, 1.54) is 30.3 Å². The maximum atomic E-state index is 12.9. The largest absolute Gasteiger partial charge is 0.379 e. The van der Waals surface area contributed by atoms with Gasteiger partial charge in [-0.2, -0.15) is 0 Å². The number of thioether (sulfide) groups is 1. The van der Waals surface area contributed by atoms with Crippen molar-refractivity contribution in [2.24, 2.45) is 10.7 Å². The lowest BCUT2D eigenvalue weighted by molar-refractivity contribution is -0.111. The fourth-order valence-electron chi connectivity index (χ4n) is 2.76. The van der Waals surface area contributed by atoms with E-state index < -0.39 is 0 Å². The number of carbonyl (C=O) groups excluding carboxylic acids is 1. The molecule has 0 bridgehead atoms. The van der Waals surface area contributed by atoms with E-state index in [9.17, 15) is 9.18 Å². The molecule has 3 rings (SSSR count). The molecule has 2 aromatic carbocycles. The number of amides is 1. The van der Waals surface area contributed by atoms with Crippen molar-refractivity contribution in [3.05, 3.63) is 71.6 Å². The molecule has 4 nitrogen and oxygen atoms in total. The highest BCUT2D eigenvalue weighted by Crippen LogP contribution is 2.35. The number of benzene rings is 2. The topological polar surface area (TPSA) is 67.5 Å². The monoisotopic (exact) mass is 369 g/mol. The molecule has 0 radical (unpaired) electrons. The highest BCUT2D eigenvalue weighted by Gasteiger charge is 2.29. The minimum absolute atomic E-state index is 0.274. The number of carbonyl (C=O) groups is 1. The van der Waals surface area contributed by atoms with Gasteiger partial charge >= 0.3 is 0 Å². The Balaban J connectivity index is 1.72. The number of nitrogens with two attached hydrogens (primary N) is 1. The molecule has 0 aromatic heterocycles. The molecule has 0 fully saturated rings. The summed E-state index contributed by atoms with van der Waals surface area (Å²) in [7, 11) is 0. The summed E-state index contributed by atoms with van der Waals surface area (Å²) in [4.78, 5) is 16.6. The summed E-state index contributed by atoms with van der Waals surface area (Å²) < 4.78 is 12.9. The van der Waals surface area contributed by atoms with Crippen molar-refractivity contribution >= 4 is 34.6 Å². The average molecular weight is 369 g/mol. The first-order valence-corrected chi connectivity index (χ1v) is 9.26. The van der Waals surface area contributed by atoms with Crippen LogP contribution in [0.15, 0.2) is 59.6 Å². The van der Waals surface area contributed by atoms with Crippen LogP contribution in [0.1, 0.15) is 24.5 Å². The molecule has 0 spiro atoms. The van der Waals surface area contributed by atoms with Gasteiger partial charge in [0.2, 0.25) is 5.91 Å². The summed E-state index contributed by atoms with van der Waals surface area (Å²) >= 11 is 1.57. The van der Waals surface area contributed by atoms with Gasteiger partial charge < -0.3 is 11.1 Å². The number of amidine groups is 1. The predicted octanol–water partition coefficient (Wildman–Crippen LogP) is 4.14. The van der Waals surface area contributed by atoms with Gasteiger partial charge in [-0.1, -0.05) is 30.0 Å². The second-order valence-electron chi connectivity index (χ2n) is 6.28. The maximum absolute atomic E-state index is 12.9. The van der Waals surface area contributed by atoms with Crippen LogP contribution in [0, 0.1) is 5.82 Å². The summed E-state index contributed by atoms with van der Waals surface area (Å²) in [6.07, 6.45) is 4.12. The van der Waals surface area contributed by atoms with Gasteiger partial charge in [0.25, 0.3) is 0 Å². The van der Waals surface area contributed by atoms with Crippen LogP contribution < -0.4 is 11.1 Å². The zero-order valence-electron chi connectivity index (χ0n) is 14.4. The van der Waals surface area contributed by atoms with E-state index in [-0.39, 0.29) is 17.3 Å². The van der Waals surface area contributed by atoms with E-state index in [0.29, 0.717) is 10.9 Å². The Morgan fingerprint density at radius 2 is 2.08 bits per heavy atom. The third kappa shape index (κ3) is 4.52. The lowest BCUT2D eigenvalue weighted by Gasteiger charge is -2.29. The quantitative estimate of drug-likeness (QED) is 0.796. The van der Waals surface area contributed by atoms with Crippen LogP contribution in [-0.4, -0.2) is 16.8 Å². The SMILES string of the molecule is CC1(c2cccc(C=CC(=O)Nc3ccc(F)cc3)c2)CCSC(N)=N1. The molecule has 26 heavy (non-hydrogen) atoms. The molecule has 1 aliphatic heterocycles. The molecule has 0 saturated heterocycles. The van der Waals surface area contributed by atoms with Gasteiger partial charge in [-0.3, -0.25) is 9.79 Å². The van der Waals surface area contributed by atoms with Gasteiger partial charge in [-0.05, 0) is 60.9 Å². The molecule has 1 amide bonds. The van der Waals surface area contributed by atoms with E-state index in [0.717, 1.165) is 23.3 Å². The molecule has 1 aliphatic rings. The Kier molecular flexibility index (Phi) is 5.42. The van der Waals surface area contributed by atoms with E-state index in [2.05, 4.69) is 17.2 Å². The second kappa shape index (κ2) is 7.74. The lowest BCUT2D eigenvalue weighted by Crippen LogP contribution is -2.28. The van der Waals surface area contributed by atoms with Crippen LogP contribution in [0.3, 0.4) is 0 Å². The van der Waals surface area contributed by atoms with E-state index in [4.69, 9.17) is 5.73 Å². The molecule has 1 heterocycles. The van der Waals surface area contributed by atoms with Crippen molar-refractivity contribution in [2.45, 2.75) is 18.9 Å². The third-order valence-corrected chi connectivity index (χ3v) is 5.04. The Morgan fingerprint density at radius 3 is 2.81 bits per heavy atom. The molecule has 0 aliphatic carbocycles. The Hall–Kier alpha value is -2.60. The van der Waals surface area contributed by atoms with Crippen LogP contribution in [-0.2, 0) is 10.3 Å². The molecule has 0 saturated carbocycles. The van der Waals surface area contributed by atoms with Crippen molar-refractivity contribution in [1.29, 1.82) is 0 Å². The fourth-order valence-corrected chi connectivity index (χ4v) is 3.74. The normalized spacial score (nSPS) is 20.0. The van der Waals surface area contributed by atoms with Crippen LogP contribution in [0.5, 0.6) is 0 Å². The first-order chi connectivity index (χ1) is 12.4. The standard InChI is InChI=1S/C20H20FN3OS/c1-20(11-12-26-19(22)24-20)15-4-2-3-14(13-15)5-10-18(25)23-17-8-6-16(21)7-9-17/h2-10,13H,11-12H2,1H3,(H2,22,24)(H,23,25). The summed E-state index contributed by atoms with van der Waals surface area (Å²) in [5.74, 6) is 0.323. The highest BCUT2D eigenvalue weighted by molar-refractivity contribution is 8.13. The molecule has 2 aromatic rings. The Labute approximate surface area is 156 Å². The Morgan fingerprint density at radius 1 is 1.31 bits per heavy atom. The van der Waals surface area contributed by atoms with Gasteiger partial charge in [-0.15, -0.1) is 0 Å². The minimum Gasteiger partial charge on any atom is -0.379 e. The number of halogens is 1. The Bertz CT molecular complexity index is 864. The first kappa shape index (κ1) is 18.2. The number of rotatable bonds is 4. The van der Waals surface area contributed by atoms with Gasteiger partial charge in [-0.25, -0.2) is 4.39 Å². The van der Waals surface area contributed by atoms with Crippen LogP contribution >= 0.6 is 11.8 Å². The van der Waals surface area contributed by atoms with Gasteiger partial charge in [0.05, 0.1) is 5.54 Å². The third-order valence-electron chi connectivity index (χ3n) is 4.24. The molecular weight excluding hydrogens is 349 g/mol. The number of anilines is 1. The smallest absolute Gasteiger partial charge is 0.248 e. The zero-order chi connectivity index (χ0) is 18.6. The van der Waals surface area contributed by atoms with Crippen LogP contribution in [0.25, 0.3) is 6.08 Å². The molecule has 1 atom stereocenters. The lowest BCUT2D eigenvalue weighted by atomic mass is 9.89. The van der Waals surface area contributed by atoms with Gasteiger partial charge in [0.15, 0.2) is 5.17 Å². The summed E-state index contributed by atoms with van der Waals surface area (Å²) in [6.45, 7) is 2.07. The maximum Gasteiger partial charge on any atom is 0.248 e. The van der Waals surface area contributed by atoms with Crippen molar-refractivity contribution < 1.29 is 9.18 Å². The van der Waals surface area contributed by atoms with Gasteiger partial charge in [0, 0.05) is 17.5 Å². The number of aliphatic imine (C=N–C) groups is 1. The highest BCUT2D eigenvalue weighted by atomic mass is 32.2. The molecular formula is C20H20FN3OS. The number of hydrogen-bond donors (Lipinski definition) is 2. The van der Waals surface area contributed by atoms with E-state index in [1.54, 1.807) is 17.8 Å². The molecule has 6 heteroatoms. The summed E-state index contributed by atoms with van der Waals surface area (Å²) in [5.41, 5.74) is 8.08. The molecule has 3 N–H and O–H groups in total. The zero-order valence-corrected chi connectivity index (χ0v) is 15.2. The van der Waals surface area contributed by atoms with E-state index in [1.807, 2.05) is 24.3 Å². The average Bonchev–Trinajstić information content (AvgIpc) is 2.62. The van der Waals surface area contributed by atoms with Crippen molar-refractivity contribution in [3.63, 3.8) is 0 Å². The minimum atomic E-state index is -0.340. The number of nitrogens with zero attached hydrogens (tertiary/aromatic N) is 1. The van der Waals surface area contributed by atoms with Gasteiger partial charge in [0.1, 0.15) is 5.82 Å². The first-order valence-electron chi connectivity index (χ1n) is 8.28. The summed E-state index contributed by atoms with van der Waals surface area (Å²) in [6, 6.07) is 13.6. The predicted molar refractivity (Wildman–Crippen MR) is 107 cm³/mol. The number of hydrogen-bond acceptors (Lipinski definition) is 4. The fraction of sp³-hybridized carbons (Fsp3) is 0.200. The van der Waals surface area contributed by atoms with Crippen molar-refractivity contribution in [2.75, 3.05) is 11.1 Å². The number of nitrogens with one attached hydrogen (secondary N) is 1. The summed E-state index contributed by atoms with van der Waals surface area (Å²) in [5, 5.41) is 3.31. The van der Waals surface area contributed by atoms with Crippen LogP contribution in [0.2, 0.25) is 0 Å². The van der Waals surface area contributed by atoms with E-state index >= 15 is 0 Å². The molecule has 1 unspecified atom stereocenters.